The van der Waals surface area contributed by atoms with Crippen molar-refractivity contribution in [1.82, 2.24) is 10.0 Å². The monoisotopic (exact) mass is 468 g/mol. The van der Waals surface area contributed by atoms with Gasteiger partial charge in [0, 0.05) is 10.5 Å². The highest BCUT2D eigenvalue weighted by atomic mass is 79.9. The molecular weight excluding hydrogens is 444 g/mol. The topological polar surface area (TPSA) is 84.5 Å². The summed E-state index contributed by atoms with van der Waals surface area (Å²) in [5.41, 5.74) is 1.63. The van der Waals surface area contributed by atoms with E-state index < -0.39 is 10.0 Å². The van der Waals surface area contributed by atoms with Gasteiger partial charge in [-0.3, -0.25) is 4.79 Å². The predicted molar refractivity (Wildman–Crippen MR) is 113 cm³/mol. The molecular formula is C20H25BrN2O4S. The van der Waals surface area contributed by atoms with Crippen LogP contribution in [-0.4, -0.2) is 27.0 Å². The van der Waals surface area contributed by atoms with Crippen molar-refractivity contribution in [3.05, 3.63) is 58.1 Å². The molecule has 0 saturated heterocycles. The van der Waals surface area contributed by atoms with Crippen LogP contribution in [0.1, 0.15) is 37.9 Å². The molecule has 0 aliphatic heterocycles. The van der Waals surface area contributed by atoms with Crippen LogP contribution in [0.2, 0.25) is 0 Å². The third-order valence-corrected chi connectivity index (χ3v) is 6.14. The Morgan fingerprint density at radius 3 is 2.32 bits per heavy atom. The minimum absolute atomic E-state index is 0.153. The van der Waals surface area contributed by atoms with E-state index in [-0.39, 0.29) is 29.5 Å². The first-order chi connectivity index (χ1) is 13.1. The quantitative estimate of drug-likeness (QED) is 0.618. The molecule has 6 nitrogen and oxygen atoms in total. The summed E-state index contributed by atoms with van der Waals surface area (Å²) < 4.78 is 33.5. The van der Waals surface area contributed by atoms with Crippen molar-refractivity contribution < 1.29 is 17.9 Å². The zero-order chi connectivity index (χ0) is 20.9. The molecule has 0 heterocycles. The number of hydrogen-bond donors (Lipinski definition) is 2. The molecule has 0 bridgehead atoms. The Hall–Kier alpha value is -1.90. The standard InChI is InChI=1S/C20H25BrN2O4S/c1-13(2)23-28(25,26)18-9-10-19(14(3)11-18)27-12-20(24)22-15(4)16-5-7-17(21)8-6-16/h5-11,13,15,23H,12H2,1-4H3,(H,22,24)/t15-/m0/s1. The molecule has 0 radical (unpaired) electrons. The van der Waals surface area contributed by atoms with Crippen molar-refractivity contribution in [2.24, 2.45) is 0 Å². The zero-order valence-electron chi connectivity index (χ0n) is 16.3. The molecule has 2 rings (SSSR count). The summed E-state index contributed by atoms with van der Waals surface area (Å²) >= 11 is 3.38. The normalized spacial score (nSPS) is 12.6. The molecule has 0 aliphatic carbocycles. The van der Waals surface area contributed by atoms with Crippen LogP contribution in [0.5, 0.6) is 5.75 Å². The lowest BCUT2D eigenvalue weighted by Gasteiger charge is -2.16. The smallest absolute Gasteiger partial charge is 0.258 e. The molecule has 0 saturated carbocycles. The molecule has 0 aromatic heterocycles. The molecule has 0 unspecified atom stereocenters. The molecule has 1 atom stereocenters. The number of carbonyl (C=O) groups excluding carboxylic acids is 1. The fourth-order valence-corrected chi connectivity index (χ4v) is 4.19. The Balaban J connectivity index is 1.96. The molecule has 0 aliphatic rings. The van der Waals surface area contributed by atoms with E-state index in [1.807, 2.05) is 31.2 Å². The van der Waals surface area contributed by atoms with Gasteiger partial charge in [-0.25, -0.2) is 13.1 Å². The number of carbonyl (C=O) groups is 1. The lowest BCUT2D eigenvalue weighted by Crippen LogP contribution is -2.31. The van der Waals surface area contributed by atoms with E-state index >= 15 is 0 Å². The van der Waals surface area contributed by atoms with Gasteiger partial charge in [-0.05, 0) is 69.2 Å². The summed E-state index contributed by atoms with van der Waals surface area (Å²) in [6.07, 6.45) is 0. The van der Waals surface area contributed by atoms with E-state index in [2.05, 4.69) is 26.0 Å². The van der Waals surface area contributed by atoms with Gasteiger partial charge in [-0.2, -0.15) is 0 Å². The lowest BCUT2D eigenvalue weighted by atomic mass is 10.1. The summed E-state index contributed by atoms with van der Waals surface area (Å²) in [5, 5.41) is 2.88. The van der Waals surface area contributed by atoms with Crippen LogP contribution in [0.3, 0.4) is 0 Å². The fourth-order valence-electron chi connectivity index (χ4n) is 2.59. The number of benzene rings is 2. The number of amides is 1. The minimum Gasteiger partial charge on any atom is -0.484 e. The van der Waals surface area contributed by atoms with E-state index in [0.29, 0.717) is 11.3 Å². The van der Waals surface area contributed by atoms with Crippen molar-refractivity contribution in [3.63, 3.8) is 0 Å². The maximum Gasteiger partial charge on any atom is 0.258 e. The minimum atomic E-state index is -3.57. The summed E-state index contributed by atoms with van der Waals surface area (Å²) in [4.78, 5) is 12.3. The van der Waals surface area contributed by atoms with E-state index in [1.165, 1.54) is 12.1 Å². The summed E-state index contributed by atoms with van der Waals surface area (Å²) in [7, 11) is -3.57. The Morgan fingerprint density at radius 2 is 1.75 bits per heavy atom. The van der Waals surface area contributed by atoms with Gasteiger partial charge >= 0.3 is 0 Å². The Kier molecular flexibility index (Phi) is 7.63. The number of aryl methyl sites for hydroxylation is 1. The molecule has 152 valence electrons. The SMILES string of the molecule is Cc1cc(S(=O)(=O)NC(C)C)ccc1OCC(=O)N[C@@H](C)c1ccc(Br)cc1. The average Bonchev–Trinajstić information content (AvgIpc) is 2.60. The highest BCUT2D eigenvalue weighted by molar-refractivity contribution is 9.10. The molecule has 0 fully saturated rings. The van der Waals surface area contributed by atoms with Crippen molar-refractivity contribution in [2.75, 3.05) is 6.61 Å². The van der Waals surface area contributed by atoms with Gasteiger partial charge < -0.3 is 10.1 Å². The first-order valence-electron chi connectivity index (χ1n) is 8.89. The Bertz CT molecular complexity index is 928. The molecule has 0 spiro atoms. The lowest BCUT2D eigenvalue weighted by molar-refractivity contribution is -0.123. The second-order valence-corrected chi connectivity index (χ2v) is 9.46. The van der Waals surface area contributed by atoms with Crippen LogP contribution < -0.4 is 14.8 Å². The van der Waals surface area contributed by atoms with Gasteiger partial charge in [0.25, 0.3) is 5.91 Å². The number of hydrogen-bond acceptors (Lipinski definition) is 4. The Labute approximate surface area is 174 Å². The first-order valence-corrected chi connectivity index (χ1v) is 11.2. The first kappa shape index (κ1) is 22.4. The van der Waals surface area contributed by atoms with Crippen LogP contribution in [0, 0.1) is 6.92 Å². The summed E-state index contributed by atoms with van der Waals surface area (Å²) in [5.74, 6) is 0.211. The summed E-state index contributed by atoms with van der Waals surface area (Å²) in [6, 6.07) is 11.9. The zero-order valence-corrected chi connectivity index (χ0v) is 18.7. The van der Waals surface area contributed by atoms with Crippen LogP contribution in [0.15, 0.2) is 51.8 Å². The largest absolute Gasteiger partial charge is 0.484 e. The number of ether oxygens (including phenoxy) is 1. The molecule has 8 heteroatoms. The van der Waals surface area contributed by atoms with Crippen LogP contribution in [-0.2, 0) is 14.8 Å². The van der Waals surface area contributed by atoms with Gasteiger partial charge in [0.2, 0.25) is 10.0 Å². The highest BCUT2D eigenvalue weighted by Gasteiger charge is 2.17. The Morgan fingerprint density at radius 1 is 1.11 bits per heavy atom. The molecule has 2 aromatic carbocycles. The third kappa shape index (κ3) is 6.32. The van der Waals surface area contributed by atoms with E-state index in [4.69, 9.17) is 4.74 Å². The maximum absolute atomic E-state index is 12.2. The van der Waals surface area contributed by atoms with Crippen molar-refractivity contribution in [1.29, 1.82) is 0 Å². The molecule has 1 amide bonds. The van der Waals surface area contributed by atoms with Gasteiger partial charge in [0.05, 0.1) is 10.9 Å². The molecule has 2 aromatic rings. The van der Waals surface area contributed by atoms with Crippen LogP contribution >= 0.6 is 15.9 Å². The predicted octanol–water partition coefficient (Wildman–Crippen LogP) is 3.70. The van der Waals surface area contributed by atoms with Crippen LogP contribution in [0.4, 0.5) is 0 Å². The average molecular weight is 469 g/mol. The van der Waals surface area contributed by atoms with Gasteiger partial charge in [-0.1, -0.05) is 28.1 Å². The van der Waals surface area contributed by atoms with Gasteiger partial charge in [0.1, 0.15) is 5.75 Å². The fraction of sp³-hybridized carbons (Fsp3) is 0.350. The van der Waals surface area contributed by atoms with E-state index in [9.17, 15) is 13.2 Å². The highest BCUT2D eigenvalue weighted by Crippen LogP contribution is 2.22. The van der Waals surface area contributed by atoms with Gasteiger partial charge in [0.15, 0.2) is 6.61 Å². The van der Waals surface area contributed by atoms with Crippen LogP contribution in [0.25, 0.3) is 0 Å². The van der Waals surface area contributed by atoms with Gasteiger partial charge in [-0.15, -0.1) is 0 Å². The number of halogens is 1. The summed E-state index contributed by atoms with van der Waals surface area (Å²) in [6.45, 7) is 7.00. The maximum atomic E-state index is 12.2. The number of nitrogens with one attached hydrogen (secondary N) is 2. The van der Waals surface area contributed by atoms with E-state index in [1.54, 1.807) is 26.8 Å². The number of sulfonamides is 1. The second kappa shape index (κ2) is 9.54. The van der Waals surface area contributed by atoms with Crippen molar-refractivity contribution in [3.8, 4) is 5.75 Å². The van der Waals surface area contributed by atoms with Crippen molar-refractivity contribution >= 4 is 31.9 Å². The number of rotatable bonds is 8. The molecule has 2 N–H and O–H groups in total. The van der Waals surface area contributed by atoms with Crippen molar-refractivity contribution in [2.45, 2.75) is 44.7 Å². The second-order valence-electron chi connectivity index (χ2n) is 6.83. The van der Waals surface area contributed by atoms with E-state index in [0.717, 1.165) is 10.0 Å². The molecule has 28 heavy (non-hydrogen) atoms. The third-order valence-electron chi connectivity index (χ3n) is 3.95.